The van der Waals surface area contributed by atoms with Crippen molar-refractivity contribution in [2.45, 2.75) is 6.54 Å². The van der Waals surface area contributed by atoms with E-state index < -0.39 is 11.8 Å². The average molecular weight is 389 g/mol. The molecule has 0 saturated heterocycles. The Morgan fingerprint density at radius 1 is 0.897 bits per heavy atom. The summed E-state index contributed by atoms with van der Waals surface area (Å²) >= 11 is 0. The number of carbonyl (C=O) groups excluding carboxylic acids is 2. The van der Waals surface area contributed by atoms with Crippen LogP contribution in [-0.4, -0.2) is 26.9 Å². The number of anilines is 1. The van der Waals surface area contributed by atoms with Crippen molar-refractivity contribution in [1.29, 1.82) is 0 Å². The van der Waals surface area contributed by atoms with Gasteiger partial charge < -0.3 is 14.3 Å². The van der Waals surface area contributed by atoms with Gasteiger partial charge in [-0.3, -0.25) is 14.9 Å². The molecule has 9 heteroatoms. The molecule has 0 spiro atoms. The first-order chi connectivity index (χ1) is 14.2. The van der Waals surface area contributed by atoms with Crippen molar-refractivity contribution in [3.05, 3.63) is 84.1 Å². The second-order valence-electron chi connectivity index (χ2n) is 5.92. The molecule has 0 unspecified atom stereocenters. The highest BCUT2D eigenvalue weighted by atomic mass is 16.5. The maximum atomic E-state index is 12.2. The minimum absolute atomic E-state index is 0.0103. The van der Waals surface area contributed by atoms with Crippen LogP contribution in [0.2, 0.25) is 0 Å². The first-order valence-corrected chi connectivity index (χ1v) is 8.67. The van der Waals surface area contributed by atoms with Crippen molar-refractivity contribution >= 4 is 17.8 Å². The Balaban J connectivity index is 1.34. The van der Waals surface area contributed by atoms with Gasteiger partial charge in [0.15, 0.2) is 5.69 Å². The lowest BCUT2D eigenvalue weighted by Gasteiger charge is -2.00. The largest absolute Gasteiger partial charge is 0.431 e. The maximum absolute atomic E-state index is 12.2. The molecule has 2 heterocycles. The van der Waals surface area contributed by atoms with Crippen molar-refractivity contribution in [1.82, 2.24) is 20.4 Å². The van der Waals surface area contributed by atoms with Gasteiger partial charge in [-0.1, -0.05) is 53.7 Å². The van der Waals surface area contributed by atoms with Crippen LogP contribution in [0.3, 0.4) is 0 Å². The summed E-state index contributed by atoms with van der Waals surface area (Å²) in [5, 5.41) is 8.98. The first-order valence-electron chi connectivity index (χ1n) is 8.67. The molecule has 144 valence electrons. The van der Waals surface area contributed by atoms with Crippen LogP contribution in [0, 0.1) is 0 Å². The van der Waals surface area contributed by atoms with Crippen molar-refractivity contribution in [3.8, 4) is 11.4 Å². The smallest absolute Gasteiger partial charge is 0.302 e. The predicted octanol–water partition coefficient (Wildman–Crippen LogP) is 2.91. The molecule has 2 aromatic heterocycles. The number of aromatic nitrogens is 3. The molecule has 29 heavy (non-hydrogen) atoms. The van der Waals surface area contributed by atoms with E-state index in [-0.39, 0.29) is 24.1 Å². The fourth-order valence-electron chi connectivity index (χ4n) is 2.47. The molecule has 0 bridgehead atoms. The predicted molar refractivity (Wildman–Crippen MR) is 102 cm³/mol. The van der Waals surface area contributed by atoms with E-state index >= 15 is 0 Å². The summed E-state index contributed by atoms with van der Waals surface area (Å²) in [5.74, 6) is -0.215. The molecule has 0 radical (unpaired) electrons. The minimum atomic E-state index is -0.506. The average Bonchev–Trinajstić information content (AvgIpc) is 3.43. The number of carbonyl (C=O) groups is 2. The van der Waals surface area contributed by atoms with Crippen LogP contribution < -0.4 is 10.6 Å². The monoisotopic (exact) mass is 389 g/mol. The molecule has 2 N–H and O–H groups in total. The van der Waals surface area contributed by atoms with E-state index in [1.807, 2.05) is 30.3 Å². The number of oxazole rings is 1. The number of amides is 2. The minimum Gasteiger partial charge on any atom is -0.431 e. The Morgan fingerprint density at radius 3 is 2.38 bits per heavy atom. The summed E-state index contributed by atoms with van der Waals surface area (Å²) in [6.07, 6.45) is 1.15. The molecule has 0 fully saturated rings. The zero-order valence-electron chi connectivity index (χ0n) is 15.0. The Hall–Kier alpha value is -4.27. The van der Waals surface area contributed by atoms with E-state index in [4.69, 9.17) is 8.94 Å². The lowest BCUT2D eigenvalue weighted by atomic mass is 10.2. The van der Waals surface area contributed by atoms with E-state index in [1.165, 1.54) is 0 Å². The van der Waals surface area contributed by atoms with Gasteiger partial charge in [0.25, 0.3) is 11.8 Å². The van der Waals surface area contributed by atoms with E-state index in [0.29, 0.717) is 11.4 Å². The highest BCUT2D eigenvalue weighted by Gasteiger charge is 2.16. The van der Waals surface area contributed by atoms with Crippen LogP contribution in [-0.2, 0) is 6.54 Å². The third-order valence-electron chi connectivity index (χ3n) is 3.89. The molecule has 0 aliphatic rings. The highest BCUT2D eigenvalue weighted by Crippen LogP contribution is 2.15. The number of nitrogens with one attached hydrogen (secondary N) is 2. The van der Waals surface area contributed by atoms with E-state index in [1.54, 1.807) is 30.3 Å². The van der Waals surface area contributed by atoms with Crippen LogP contribution in [0.25, 0.3) is 11.4 Å². The van der Waals surface area contributed by atoms with Crippen LogP contribution >= 0.6 is 0 Å². The second kappa shape index (κ2) is 8.17. The van der Waals surface area contributed by atoms with Crippen LogP contribution in [0.4, 0.5) is 6.01 Å². The number of benzene rings is 2. The van der Waals surface area contributed by atoms with Crippen molar-refractivity contribution in [2.24, 2.45) is 0 Å². The van der Waals surface area contributed by atoms with Crippen molar-refractivity contribution in [3.63, 3.8) is 0 Å². The summed E-state index contributed by atoms with van der Waals surface area (Å²) in [7, 11) is 0. The van der Waals surface area contributed by atoms with Crippen molar-refractivity contribution in [2.75, 3.05) is 5.32 Å². The normalized spacial score (nSPS) is 10.5. The van der Waals surface area contributed by atoms with E-state index in [0.717, 1.165) is 11.8 Å². The lowest BCUT2D eigenvalue weighted by molar-refractivity contribution is 0.0940. The molecular weight excluding hydrogens is 374 g/mol. The van der Waals surface area contributed by atoms with Crippen molar-refractivity contribution < 1.29 is 18.5 Å². The van der Waals surface area contributed by atoms with Gasteiger partial charge in [-0.25, -0.2) is 0 Å². The Labute approximate surface area is 164 Å². The molecular formula is C20H15N5O4. The molecule has 4 aromatic rings. The van der Waals surface area contributed by atoms with Gasteiger partial charge in [0.1, 0.15) is 6.26 Å². The number of hydrogen-bond donors (Lipinski definition) is 2. The van der Waals surface area contributed by atoms with Gasteiger partial charge in [-0.05, 0) is 12.1 Å². The molecule has 0 atom stereocenters. The van der Waals surface area contributed by atoms with Crippen LogP contribution in [0.5, 0.6) is 0 Å². The summed E-state index contributed by atoms with van der Waals surface area (Å²) in [5.41, 5.74) is 1.27. The number of nitrogens with zero attached hydrogens (tertiary/aromatic N) is 3. The third kappa shape index (κ3) is 4.35. The third-order valence-corrected chi connectivity index (χ3v) is 3.89. The molecule has 2 amide bonds. The summed E-state index contributed by atoms with van der Waals surface area (Å²) in [6.45, 7) is 0.0250. The second-order valence-corrected chi connectivity index (χ2v) is 5.92. The SMILES string of the molecule is O=C(Nc1nc(C(=O)NCc2nc(-c3ccccc3)no2)co1)c1ccccc1. The topological polar surface area (TPSA) is 123 Å². The van der Waals surface area contributed by atoms with Gasteiger partial charge in [0.2, 0.25) is 11.7 Å². The van der Waals surface area contributed by atoms with Gasteiger partial charge >= 0.3 is 6.01 Å². The Kier molecular flexibility index (Phi) is 5.10. The van der Waals surface area contributed by atoms with Gasteiger partial charge in [0, 0.05) is 11.1 Å². The first kappa shape index (κ1) is 18.1. The number of hydrogen-bond acceptors (Lipinski definition) is 7. The molecule has 0 saturated carbocycles. The molecule has 0 aliphatic carbocycles. The van der Waals surface area contributed by atoms with E-state index in [2.05, 4.69) is 25.8 Å². The fourth-order valence-corrected chi connectivity index (χ4v) is 2.47. The molecule has 4 rings (SSSR count). The van der Waals surface area contributed by atoms with E-state index in [9.17, 15) is 9.59 Å². The molecule has 0 aliphatic heterocycles. The fraction of sp³-hybridized carbons (Fsp3) is 0.0500. The zero-order chi connectivity index (χ0) is 20.1. The Morgan fingerprint density at radius 2 is 1.62 bits per heavy atom. The summed E-state index contributed by atoms with van der Waals surface area (Å²) in [6, 6.07) is 17.8. The summed E-state index contributed by atoms with van der Waals surface area (Å²) < 4.78 is 10.3. The van der Waals surface area contributed by atoms with Gasteiger partial charge in [0.05, 0.1) is 6.54 Å². The molecule has 9 nitrogen and oxygen atoms in total. The molecule has 2 aromatic carbocycles. The van der Waals surface area contributed by atoms with Gasteiger partial charge in [-0.15, -0.1) is 0 Å². The Bertz CT molecular complexity index is 1120. The lowest BCUT2D eigenvalue weighted by Crippen LogP contribution is -2.23. The number of rotatable bonds is 6. The van der Waals surface area contributed by atoms with Crippen LogP contribution in [0.15, 0.2) is 75.9 Å². The zero-order valence-corrected chi connectivity index (χ0v) is 15.0. The van der Waals surface area contributed by atoms with Gasteiger partial charge in [-0.2, -0.15) is 9.97 Å². The maximum Gasteiger partial charge on any atom is 0.302 e. The highest BCUT2D eigenvalue weighted by molar-refractivity contribution is 6.03. The standard InChI is InChI=1S/C20H15N5O4/c26-18(14-9-5-2-6-10-14)24-20-22-15(12-28-20)19(27)21-11-16-23-17(25-29-16)13-7-3-1-4-8-13/h1-10,12H,11H2,(H,21,27)(H,22,24,26). The quantitative estimate of drug-likeness (QED) is 0.520. The van der Waals surface area contributed by atoms with Crippen LogP contribution in [0.1, 0.15) is 26.7 Å². The summed E-state index contributed by atoms with van der Waals surface area (Å²) in [4.78, 5) is 32.5.